The van der Waals surface area contributed by atoms with Crippen molar-refractivity contribution in [1.29, 1.82) is 0 Å². The smallest absolute Gasteiger partial charge is 0.308 e. The molecule has 114 valence electrons. The average molecular weight is 317 g/mol. The number of nitrogens with one attached hydrogen (secondary N) is 1. The number of carbonyl (C=O) groups is 3. The number of ether oxygens (including phenoxy) is 1. The van der Waals surface area contributed by atoms with Crippen LogP contribution >= 0.6 is 11.8 Å². The van der Waals surface area contributed by atoms with Crippen molar-refractivity contribution in [3.63, 3.8) is 0 Å². The number of fused-ring (bicyclic) bond motifs is 1. The maximum Gasteiger partial charge on any atom is 0.308 e. The molecule has 0 aliphatic heterocycles. The third kappa shape index (κ3) is 3.65. The van der Waals surface area contributed by atoms with Gasteiger partial charge in [0.2, 0.25) is 5.91 Å². The zero-order chi connectivity index (χ0) is 16.3. The van der Waals surface area contributed by atoms with Gasteiger partial charge < -0.3 is 10.1 Å². The highest BCUT2D eigenvalue weighted by Crippen LogP contribution is 2.38. The summed E-state index contributed by atoms with van der Waals surface area (Å²) in [6.07, 6.45) is 0. The fourth-order valence-corrected chi connectivity index (χ4v) is 2.85. The summed E-state index contributed by atoms with van der Waals surface area (Å²) in [5, 5.41) is 4.01. The number of amides is 1. The van der Waals surface area contributed by atoms with Gasteiger partial charge in [-0.05, 0) is 18.2 Å². The molecule has 0 radical (unpaired) electrons. The van der Waals surface area contributed by atoms with Crippen molar-refractivity contribution in [3.05, 3.63) is 30.3 Å². The van der Waals surface area contributed by atoms with Gasteiger partial charge in [-0.3, -0.25) is 14.4 Å². The highest BCUT2D eigenvalue weighted by Gasteiger charge is 2.14. The third-order valence-electron chi connectivity index (χ3n) is 2.78. The Balaban J connectivity index is 2.71. The molecule has 1 amide bonds. The quantitative estimate of drug-likeness (QED) is 0.534. The summed E-state index contributed by atoms with van der Waals surface area (Å²) in [6, 6.07) is 8.66. The van der Waals surface area contributed by atoms with Crippen LogP contribution in [-0.2, 0) is 14.4 Å². The number of anilines is 1. The lowest BCUT2D eigenvalue weighted by Gasteiger charge is -2.14. The summed E-state index contributed by atoms with van der Waals surface area (Å²) in [5.74, 6) is -0.337. The monoisotopic (exact) mass is 317 g/mol. The molecule has 5 nitrogen and oxygen atoms in total. The number of thioether (sulfide) groups is 1. The van der Waals surface area contributed by atoms with E-state index in [1.54, 1.807) is 24.3 Å². The predicted molar refractivity (Wildman–Crippen MR) is 86.1 cm³/mol. The van der Waals surface area contributed by atoms with E-state index in [1.165, 1.54) is 20.8 Å². The number of hydrogen-bond acceptors (Lipinski definition) is 5. The molecule has 0 heterocycles. The van der Waals surface area contributed by atoms with Crippen LogP contribution < -0.4 is 10.1 Å². The second-order valence-corrected chi connectivity index (χ2v) is 5.88. The Kier molecular flexibility index (Phi) is 4.82. The van der Waals surface area contributed by atoms with Crippen LogP contribution in [-0.4, -0.2) is 17.0 Å². The van der Waals surface area contributed by atoms with E-state index < -0.39 is 5.97 Å². The second-order valence-electron chi connectivity index (χ2n) is 4.66. The fraction of sp³-hybridized carbons (Fsp3) is 0.188. The molecule has 0 spiro atoms. The average Bonchev–Trinajstić information content (AvgIpc) is 2.40. The van der Waals surface area contributed by atoms with Crippen molar-refractivity contribution in [2.75, 3.05) is 5.32 Å². The van der Waals surface area contributed by atoms with E-state index in [2.05, 4.69) is 5.32 Å². The molecule has 0 aromatic heterocycles. The van der Waals surface area contributed by atoms with Crippen LogP contribution in [0.15, 0.2) is 35.2 Å². The van der Waals surface area contributed by atoms with E-state index in [0.717, 1.165) is 22.0 Å². The normalized spacial score (nSPS) is 10.3. The Labute approximate surface area is 132 Å². The zero-order valence-electron chi connectivity index (χ0n) is 12.4. The molecule has 0 saturated carbocycles. The van der Waals surface area contributed by atoms with Gasteiger partial charge in [-0.1, -0.05) is 23.9 Å². The molecule has 0 aliphatic rings. The molecule has 2 rings (SSSR count). The number of esters is 1. The van der Waals surface area contributed by atoms with Gasteiger partial charge in [-0.25, -0.2) is 0 Å². The van der Waals surface area contributed by atoms with E-state index in [-0.39, 0.29) is 11.0 Å². The van der Waals surface area contributed by atoms with Gasteiger partial charge in [0.15, 0.2) is 5.12 Å². The maximum atomic E-state index is 11.4. The predicted octanol–water partition coefficient (Wildman–Crippen LogP) is 3.36. The summed E-state index contributed by atoms with van der Waals surface area (Å²) in [4.78, 5) is 34.8. The van der Waals surface area contributed by atoms with Crippen molar-refractivity contribution in [2.45, 2.75) is 25.7 Å². The first-order valence-corrected chi connectivity index (χ1v) is 7.40. The Bertz CT molecular complexity index is 748. The molecule has 0 bridgehead atoms. The van der Waals surface area contributed by atoms with Crippen molar-refractivity contribution in [2.24, 2.45) is 0 Å². The molecule has 1 N–H and O–H groups in total. The summed E-state index contributed by atoms with van der Waals surface area (Å²) in [7, 11) is 0. The molecule has 6 heteroatoms. The highest BCUT2D eigenvalue weighted by molar-refractivity contribution is 8.13. The summed E-state index contributed by atoms with van der Waals surface area (Å²) < 4.78 is 5.23. The molecule has 0 saturated heterocycles. The number of carbonyl (C=O) groups excluding carboxylic acids is 3. The van der Waals surface area contributed by atoms with Crippen molar-refractivity contribution < 1.29 is 19.1 Å². The van der Waals surface area contributed by atoms with Gasteiger partial charge >= 0.3 is 5.97 Å². The van der Waals surface area contributed by atoms with Crippen LogP contribution in [0.25, 0.3) is 10.8 Å². The Morgan fingerprint density at radius 3 is 2.36 bits per heavy atom. The molecular weight excluding hydrogens is 302 g/mol. The minimum absolute atomic E-state index is 0.0496. The summed E-state index contributed by atoms with van der Waals surface area (Å²) >= 11 is 1.09. The van der Waals surface area contributed by atoms with Gasteiger partial charge in [0.1, 0.15) is 5.75 Å². The molecule has 0 fully saturated rings. The van der Waals surface area contributed by atoms with Crippen LogP contribution in [0.2, 0.25) is 0 Å². The standard InChI is InChI=1S/C16H15NO4S/c1-9(18)17-13-7-8-15(22-11(3)20)12-5-4-6-14(16(12)13)21-10(2)19/h4-8H,1-3H3,(H,17,18). The van der Waals surface area contributed by atoms with Crippen LogP contribution in [0.1, 0.15) is 20.8 Å². The van der Waals surface area contributed by atoms with Crippen LogP contribution in [0.3, 0.4) is 0 Å². The molecule has 2 aromatic carbocycles. The van der Waals surface area contributed by atoms with E-state index in [4.69, 9.17) is 4.74 Å². The van der Waals surface area contributed by atoms with E-state index in [0.29, 0.717) is 16.8 Å². The van der Waals surface area contributed by atoms with Gasteiger partial charge in [0.05, 0.1) is 5.69 Å². The number of rotatable bonds is 3. The van der Waals surface area contributed by atoms with Crippen molar-refractivity contribution in [3.8, 4) is 5.75 Å². The molecule has 2 aromatic rings. The topological polar surface area (TPSA) is 72.5 Å². The Hall–Kier alpha value is -2.34. The fourth-order valence-electron chi connectivity index (χ4n) is 2.12. The van der Waals surface area contributed by atoms with Crippen LogP contribution in [0.5, 0.6) is 5.75 Å². The van der Waals surface area contributed by atoms with Gasteiger partial charge in [0.25, 0.3) is 0 Å². The number of benzene rings is 2. The molecule has 22 heavy (non-hydrogen) atoms. The molecule has 0 aliphatic carbocycles. The Morgan fingerprint density at radius 1 is 1.05 bits per heavy atom. The van der Waals surface area contributed by atoms with Crippen molar-refractivity contribution >= 4 is 45.2 Å². The van der Waals surface area contributed by atoms with E-state index in [1.807, 2.05) is 6.07 Å². The number of hydrogen-bond donors (Lipinski definition) is 1. The lowest BCUT2D eigenvalue weighted by atomic mass is 10.1. The van der Waals surface area contributed by atoms with Gasteiger partial charge in [-0.15, -0.1) is 0 Å². The lowest BCUT2D eigenvalue weighted by Crippen LogP contribution is -2.08. The summed E-state index contributed by atoms with van der Waals surface area (Å²) in [6.45, 7) is 4.19. The van der Waals surface area contributed by atoms with Crippen LogP contribution in [0.4, 0.5) is 5.69 Å². The third-order valence-corrected chi connectivity index (χ3v) is 3.64. The lowest BCUT2D eigenvalue weighted by molar-refractivity contribution is -0.131. The first kappa shape index (κ1) is 16.0. The first-order chi connectivity index (χ1) is 10.4. The SMILES string of the molecule is CC(=O)Nc1ccc(SC(C)=O)c2cccc(OC(C)=O)c12. The molecule has 0 unspecified atom stereocenters. The maximum absolute atomic E-state index is 11.4. The van der Waals surface area contributed by atoms with E-state index >= 15 is 0 Å². The Morgan fingerprint density at radius 2 is 1.77 bits per heavy atom. The second kappa shape index (κ2) is 6.62. The minimum Gasteiger partial charge on any atom is -0.426 e. The molecular formula is C16H15NO4S. The van der Waals surface area contributed by atoms with Crippen LogP contribution in [0, 0.1) is 0 Å². The summed E-state index contributed by atoms with van der Waals surface area (Å²) in [5.41, 5.74) is 0.534. The molecule has 0 atom stereocenters. The zero-order valence-corrected chi connectivity index (χ0v) is 13.2. The largest absolute Gasteiger partial charge is 0.426 e. The minimum atomic E-state index is -0.453. The highest BCUT2D eigenvalue weighted by atomic mass is 32.2. The van der Waals surface area contributed by atoms with E-state index in [9.17, 15) is 14.4 Å². The van der Waals surface area contributed by atoms with Gasteiger partial charge in [0, 0.05) is 36.4 Å². The van der Waals surface area contributed by atoms with Crippen molar-refractivity contribution in [1.82, 2.24) is 0 Å². The first-order valence-electron chi connectivity index (χ1n) is 6.58. The van der Waals surface area contributed by atoms with Gasteiger partial charge in [-0.2, -0.15) is 0 Å².